The van der Waals surface area contributed by atoms with E-state index in [2.05, 4.69) is 31.9 Å². The van der Waals surface area contributed by atoms with Crippen LogP contribution in [0, 0.1) is 0 Å². The highest BCUT2D eigenvalue weighted by molar-refractivity contribution is 5.92. The van der Waals surface area contributed by atoms with Crippen molar-refractivity contribution in [3.63, 3.8) is 0 Å². The number of piperidine rings is 1. The number of hydrogen-bond acceptors (Lipinski definition) is 6. The van der Waals surface area contributed by atoms with Gasteiger partial charge in [-0.2, -0.15) is 0 Å². The number of fused-ring (bicyclic) bond motifs is 1. The van der Waals surface area contributed by atoms with Crippen molar-refractivity contribution in [2.24, 2.45) is 0 Å². The first-order valence-corrected chi connectivity index (χ1v) is 10.1. The van der Waals surface area contributed by atoms with Gasteiger partial charge in [0.25, 0.3) is 5.91 Å². The molecule has 5 rings (SSSR count). The van der Waals surface area contributed by atoms with Gasteiger partial charge in [0.05, 0.1) is 6.04 Å². The monoisotopic (exact) mass is 370 g/mol. The first kappa shape index (κ1) is 16.9. The molecule has 2 fully saturated rings. The number of nitrogens with zero attached hydrogens (tertiary/aromatic N) is 6. The second-order valence-corrected chi connectivity index (χ2v) is 8.05. The third-order valence-corrected chi connectivity index (χ3v) is 6.14. The predicted octanol–water partition coefficient (Wildman–Crippen LogP) is 2.00. The Bertz CT molecular complexity index is 839. The van der Waals surface area contributed by atoms with Gasteiger partial charge in [-0.15, -0.1) is 10.2 Å². The SMILES string of the molecule is CN1CCCC[C@H]1c1nnc2n1CCN(C(=O)c1cc(C3CC3)on1)CC2. The van der Waals surface area contributed by atoms with E-state index >= 15 is 0 Å². The zero-order valence-corrected chi connectivity index (χ0v) is 15.8. The van der Waals surface area contributed by atoms with Gasteiger partial charge in [0, 0.05) is 38.0 Å². The van der Waals surface area contributed by atoms with Gasteiger partial charge in [-0.05, 0) is 39.3 Å². The molecule has 0 bridgehead atoms. The van der Waals surface area contributed by atoms with Crippen LogP contribution < -0.4 is 0 Å². The minimum atomic E-state index is -0.0410. The fraction of sp³-hybridized carbons (Fsp3) is 0.684. The molecule has 2 aromatic rings. The third kappa shape index (κ3) is 3.16. The van der Waals surface area contributed by atoms with E-state index in [0.717, 1.165) is 56.2 Å². The Kier molecular flexibility index (Phi) is 4.22. The van der Waals surface area contributed by atoms with E-state index in [4.69, 9.17) is 4.52 Å². The van der Waals surface area contributed by atoms with E-state index < -0.39 is 0 Å². The Hall–Kier alpha value is -2.22. The zero-order valence-electron chi connectivity index (χ0n) is 15.8. The lowest BCUT2D eigenvalue weighted by Gasteiger charge is -2.31. The number of aromatic nitrogens is 4. The van der Waals surface area contributed by atoms with Gasteiger partial charge >= 0.3 is 0 Å². The maximum absolute atomic E-state index is 12.9. The lowest BCUT2D eigenvalue weighted by atomic mass is 10.0. The van der Waals surface area contributed by atoms with Crippen molar-refractivity contribution in [3.8, 4) is 0 Å². The van der Waals surface area contributed by atoms with E-state index in [-0.39, 0.29) is 5.91 Å². The quantitative estimate of drug-likeness (QED) is 0.822. The lowest BCUT2D eigenvalue weighted by molar-refractivity contribution is 0.0747. The van der Waals surface area contributed by atoms with Crippen LogP contribution in [0.25, 0.3) is 0 Å². The molecule has 8 heteroatoms. The molecule has 0 spiro atoms. The van der Waals surface area contributed by atoms with Crippen molar-refractivity contribution in [3.05, 3.63) is 29.2 Å². The van der Waals surface area contributed by atoms with Gasteiger partial charge in [0.1, 0.15) is 17.4 Å². The van der Waals surface area contributed by atoms with Crippen LogP contribution in [-0.4, -0.2) is 62.3 Å². The van der Waals surface area contributed by atoms with Crippen molar-refractivity contribution in [2.75, 3.05) is 26.7 Å². The first-order valence-electron chi connectivity index (χ1n) is 10.1. The summed E-state index contributed by atoms with van der Waals surface area (Å²) in [6, 6.07) is 2.16. The first-order chi connectivity index (χ1) is 13.2. The Labute approximate surface area is 158 Å². The van der Waals surface area contributed by atoms with Crippen molar-refractivity contribution < 1.29 is 9.32 Å². The Morgan fingerprint density at radius 2 is 2.00 bits per heavy atom. The number of rotatable bonds is 3. The van der Waals surface area contributed by atoms with E-state index in [1.54, 1.807) is 0 Å². The average Bonchev–Trinajstić information content (AvgIpc) is 3.34. The molecule has 1 atom stereocenters. The van der Waals surface area contributed by atoms with Crippen LogP contribution in [0.4, 0.5) is 0 Å². The second-order valence-electron chi connectivity index (χ2n) is 8.05. The van der Waals surface area contributed by atoms with E-state index in [1.807, 2.05) is 11.0 Å². The maximum Gasteiger partial charge on any atom is 0.276 e. The van der Waals surface area contributed by atoms with E-state index in [1.165, 1.54) is 12.8 Å². The largest absolute Gasteiger partial charge is 0.360 e. The molecule has 0 unspecified atom stereocenters. The standard InChI is InChI=1S/C19H26N6O2/c1-23-8-3-2-4-15(23)18-21-20-17-7-9-24(10-11-25(17)18)19(26)14-12-16(27-22-14)13-5-6-13/h12-13,15H,2-11H2,1H3/t15-/m0/s1. The van der Waals surface area contributed by atoms with Gasteiger partial charge in [-0.3, -0.25) is 9.69 Å². The molecular formula is C19H26N6O2. The fourth-order valence-electron chi connectivity index (χ4n) is 4.31. The van der Waals surface area contributed by atoms with Crippen LogP contribution in [0.15, 0.2) is 10.6 Å². The molecule has 1 saturated carbocycles. The number of likely N-dealkylation sites (tertiary alicyclic amines) is 1. The molecule has 1 saturated heterocycles. The molecule has 0 radical (unpaired) electrons. The molecule has 0 aromatic carbocycles. The molecule has 144 valence electrons. The number of amides is 1. The number of carbonyl (C=O) groups excluding carboxylic acids is 1. The molecule has 2 aromatic heterocycles. The highest BCUT2D eigenvalue weighted by Crippen LogP contribution is 2.40. The second kappa shape index (κ2) is 6.74. The Balaban J connectivity index is 1.31. The van der Waals surface area contributed by atoms with Gasteiger partial charge in [0.15, 0.2) is 5.69 Å². The highest BCUT2D eigenvalue weighted by atomic mass is 16.5. The highest BCUT2D eigenvalue weighted by Gasteiger charge is 2.32. The number of carbonyl (C=O) groups is 1. The van der Waals surface area contributed by atoms with Crippen molar-refractivity contribution >= 4 is 5.91 Å². The molecule has 0 N–H and O–H groups in total. The van der Waals surface area contributed by atoms with Crippen molar-refractivity contribution in [2.45, 2.75) is 57.0 Å². The summed E-state index contributed by atoms with van der Waals surface area (Å²) in [5.41, 5.74) is 0.432. The van der Waals surface area contributed by atoms with Crippen LogP contribution in [-0.2, 0) is 13.0 Å². The van der Waals surface area contributed by atoms with Crippen LogP contribution in [0.3, 0.4) is 0 Å². The summed E-state index contributed by atoms with van der Waals surface area (Å²) in [7, 11) is 2.17. The summed E-state index contributed by atoms with van der Waals surface area (Å²) in [6.07, 6.45) is 6.61. The van der Waals surface area contributed by atoms with Crippen molar-refractivity contribution in [1.82, 2.24) is 29.7 Å². The normalized spacial score (nSPS) is 23.9. The molecule has 1 aliphatic carbocycles. The zero-order chi connectivity index (χ0) is 18.4. The van der Waals surface area contributed by atoms with Crippen LogP contribution in [0.5, 0.6) is 0 Å². The third-order valence-electron chi connectivity index (χ3n) is 6.14. The molecule has 8 nitrogen and oxygen atoms in total. The van der Waals surface area contributed by atoms with Gasteiger partial charge in [-0.1, -0.05) is 11.6 Å². The predicted molar refractivity (Wildman–Crippen MR) is 97.3 cm³/mol. The van der Waals surface area contributed by atoms with E-state index in [9.17, 15) is 4.79 Å². The summed E-state index contributed by atoms with van der Waals surface area (Å²) in [5, 5.41) is 13.0. The summed E-state index contributed by atoms with van der Waals surface area (Å²) in [4.78, 5) is 17.1. The fourth-order valence-corrected chi connectivity index (χ4v) is 4.31. The molecule has 2 aliphatic heterocycles. The summed E-state index contributed by atoms with van der Waals surface area (Å²) < 4.78 is 7.59. The van der Waals surface area contributed by atoms with Crippen molar-refractivity contribution in [1.29, 1.82) is 0 Å². The molecular weight excluding hydrogens is 344 g/mol. The minimum absolute atomic E-state index is 0.0410. The smallest absolute Gasteiger partial charge is 0.276 e. The van der Waals surface area contributed by atoms with Gasteiger partial charge in [-0.25, -0.2) is 0 Å². The summed E-state index contributed by atoms with van der Waals surface area (Å²) in [6.45, 7) is 3.13. The summed E-state index contributed by atoms with van der Waals surface area (Å²) in [5.74, 6) is 3.32. The average molecular weight is 370 g/mol. The Morgan fingerprint density at radius 1 is 1.11 bits per heavy atom. The molecule has 3 aliphatic rings. The lowest BCUT2D eigenvalue weighted by Crippen LogP contribution is -2.35. The Morgan fingerprint density at radius 3 is 2.81 bits per heavy atom. The minimum Gasteiger partial charge on any atom is -0.360 e. The van der Waals surface area contributed by atoms with Crippen LogP contribution in [0.2, 0.25) is 0 Å². The van der Waals surface area contributed by atoms with Gasteiger partial charge < -0.3 is 14.0 Å². The van der Waals surface area contributed by atoms with Crippen LogP contribution in [0.1, 0.15) is 72.0 Å². The molecule has 4 heterocycles. The maximum atomic E-state index is 12.9. The topological polar surface area (TPSA) is 80.3 Å². The van der Waals surface area contributed by atoms with E-state index in [0.29, 0.717) is 30.7 Å². The van der Waals surface area contributed by atoms with Crippen LogP contribution >= 0.6 is 0 Å². The molecule has 27 heavy (non-hydrogen) atoms. The molecule has 1 amide bonds. The van der Waals surface area contributed by atoms with Gasteiger partial charge in [0.2, 0.25) is 0 Å². The number of hydrogen-bond donors (Lipinski definition) is 0. The summed E-state index contributed by atoms with van der Waals surface area (Å²) >= 11 is 0.